The number of nitriles is 1. The Morgan fingerprint density at radius 2 is 1.35 bits per heavy atom. The number of unbranched alkanes of at least 4 members (excludes halogenated alkanes) is 6. The van der Waals surface area contributed by atoms with Crippen LogP contribution in [0.4, 0.5) is 0 Å². The molecule has 0 unspecified atom stereocenters. The summed E-state index contributed by atoms with van der Waals surface area (Å²) in [5.74, 6) is 1.33. The molecule has 0 bridgehead atoms. The minimum atomic E-state index is -0.396. The zero-order chi connectivity index (χ0) is 18.7. The minimum absolute atomic E-state index is 0.291. The van der Waals surface area contributed by atoms with E-state index in [4.69, 9.17) is 9.47 Å². The van der Waals surface area contributed by atoms with E-state index in [2.05, 4.69) is 19.9 Å². The van der Waals surface area contributed by atoms with Crippen LogP contribution in [0.2, 0.25) is 0 Å². The SMILES string of the molecule is CCCCCCC1CCC(C#N)(C2OCC(CCCCCC)CO2)CC1. The average Bonchev–Trinajstić information content (AvgIpc) is 2.70. The predicted octanol–water partition coefficient (Wildman–Crippen LogP) is 6.62. The summed E-state index contributed by atoms with van der Waals surface area (Å²) in [7, 11) is 0. The molecule has 0 spiro atoms. The van der Waals surface area contributed by atoms with Crippen LogP contribution in [0, 0.1) is 28.6 Å². The van der Waals surface area contributed by atoms with Gasteiger partial charge in [-0.25, -0.2) is 0 Å². The Labute approximate surface area is 161 Å². The molecule has 1 saturated heterocycles. The lowest BCUT2D eigenvalue weighted by Crippen LogP contribution is -2.45. The highest BCUT2D eigenvalue weighted by atomic mass is 16.7. The highest BCUT2D eigenvalue weighted by Gasteiger charge is 2.45. The average molecular weight is 364 g/mol. The minimum Gasteiger partial charge on any atom is -0.351 e. The highest BCUT2D eigenvalue weighted by Crippen LogP contribution is 2.45. The largest absolute Gasteiger partial charge is 0.351 e. The molecule has 0 amide bonds. The zero-order valence-electron chi connectivity index (χ0n) is 17.3. The van der Waals surface area contributed by atoms with Crippen LogP contribution in [0.1, 0.15) is 104 Å². The molecule has 1 heterocycles. The molecule has 1 aliphatic heterocycles. The molecule has 1 saturated carbocycles. The van der Waals surface area contributed by atoms with E-state index in [0.717, 1.165) is 32.0 Å². The summed E-state index contributed by atoms with van der Waals surface area (Å²) in [6.45, 7) is 6.07. The fraction of sp³-hybridized carbons (Fsp3) is 0.957. The van der Waals surface area contributed by atoms with E-state index in [1.165, 1.54) is 77.0 Å². The van der Waals surface area contributed by atoms with Gasteiger partial charge >= 0.3 is 0 Å². The lowest BCUT2D eigenvalue weighted by atomic mass is 9.69. The summed E-state index contributed by atoms with van der Waals surface area (Å²) in [6, 6.07) is 2.61. The first kappa shape index (κ1) is 21.7. The van der Waals surface area contributed by atoms with Gasteiger partial charge in [-0.05, 0) is 38.0 Å². The van der Waals surface area contributed by atoms with Crippen LogP contribution in [-0.2, 0) is 9.47 Å². The van der Waals surface area contributed by atoms with Gasteiger partial charge < -0.3 is 9.47 Å². The van der Waals surface area contributed by atoms with Crippen molar-refractivity contribution in [2.24, 2.45) is 17.3 Å². The Morgan fingerprint density at radius 1 is 0.808 bits per heavy atom. The summed E-state index contributed by atoms with van der Waals surface area (Å²) in [6.07, 6.45) is 17.1. The third-order valence-electron chi connectivity index (χ3n) is 6.57. The molecule has 0 N–H and O–H groups in total. The normalized spacial score (nSPS) is 32.3. The van der Waals surface area contributed by atoms with E-state index in [9.17, 15) is 5.26 Å². The second-order valence-corrected chi connectivity index (χ2v) is 8.77. The van der Waals surface area contributed by atoms with Gasteiger partial charge in [-0.3, -0.25) is 0 Å². The number of ether oxygens (including phenoxy) is 2. The zero-order valence-corrected chi connectivity index (χ0v) is 17.3. The van der Waals surface area contributed by atoms with Crippen LogP contribution in [0.25, 0.3) is 0 Å². The molecule has 3 heteroatoms. The molecule has 0 aromatic heterocycles. The van der Waals surface area contributed by atoms with Crippen LogP contribution < -0.4 is 0 Å². The first-order valence-corrected chi connectivity index (χ1v) is 11.4. The summed E-state index contributed by atoms with van der Waals surface area (Å²) in [4.78, 5) is 0. The molecule has 3 nitrogen and oxygen atoms in total. The van der Waals surface area contributed by atoms with E-state index in [-0.39, 0.29) is 6.29 Å². The molecular weight excluding hydrogens is 322 g/mol. The first-order valence-electron chi connectivity index (χ1n) is 11.4. The molecule has 0 aromatic rings. The molecule has 150 valence electrons. The van der Waals surface area contributed by atoms with E-state index >= 15 is 0 Å². The number of nitrogens with zero attached hydrogens (tertiary/aromatic N) is 1. The van der Waals surface area contributed by atoms with E-state index in [1.54, 1.807) is 0 Å². The molecule has 2 rings (SSSR count). The fourth-order valence-electron chi connectivity index (χ4n) is 4.63. The molecule has 0 aromatic carbocycles. The summed E-state index contributed by atoms with van der Waals surface area (Å²) in [5, 5.41) is 9.88. The Balaban J connectivity index is 1.70. The van der Waals surface area contributed by atoms with Crippen molar-refractivity contribution < 1.29 is 9.47 Å². The van der Waals surface area contributed by atoms with Gasteiger partial charge in [-0.1, -0.05) is 71.6 Å². The van der Waals surface area contributed by atoms with E-state index in [0.29, 0.717) is 5.92 Å². The Hall–Kier alpha value is -0.590. The molecule has 0 radical (unpaired) electrons. The van der Waals surface area contributed by atoms with Gasteiger partial charge in [0.15, 0.2) is 6.29 Å². The summed E-state index contributed by atoms with van der Waals surface area (Å²) >= 11 is 0. The number of rotatable bonds is 11. The fourth-order valence-corrected chi connectivity index (χ4v) is 4.63. The third-order valence-corrected chi connectivity index (χ3v) is 6.57. The topological polar surface area (TPSA) is 42.2 Å². The Kier molecular flexibility index (Phi) is 10.0. The number of hydrogen-bond acceptors (Lipinski definition) is 3. The van der Waals surface area contributed by atoms with Crippen LogP contribution in [0.5, 0.6) is 0 Å². The van der Waals surface area contributed by atoms with Crippen molar-refractivity contribution in [2.75, 3.05) is 13.2 Å². The lowest BCUT2D eigenvalue weighted by Gasteiger charge is -2.42. The van der Waals surface area contributed by atoms with Gasteiger partial charge in [0.25, 0.3) is 0 Å². The van der Waals surface area contributed by atoms with Crippen molar-refractivity contribution in [1.29, 1.82) is 5.26 Å². The van der Waals surface area contributed by atoms with Crippen LogP contribution in [-0.4, -0.2) is 19.5 Å². The maximum absolute atomic E-state index is 9.88. The third kappa shape index (κ3) is 6.54. The van der Waals surface area contributed by atoms with Crippen molar-refractivity contribution in [3.63, 3.8) is 0 Å². The van der Waals surface area contributed by atoms with Crippen molar-refractivity contribution >= 4 is 0 Å². The number of hydrogen-bond donors (Lipinski definition) is 0. The second kappa shape index (κ2) is 12.0. The standard InChI is InChI=1S/C23H41NO2/c1-3-5-7-9-11-20-13-15-23(19-24,16-14-20)22-25-17-21(18-26-22)12-10-8-6-4-2/h20-22H,3-18H2,1-2H3. The van der Waals surface area contributed by atoms with Gasteiger partial charge in [-0.15, -0.1) is 0 Å². The molecular formula is C23H41NO2. The van der Waals surface area contributed by atoms with Crippen molar-refractivity contribution in [3.05, 3.63) is 0 Å². The van der Waals surface area contributed by atoms with Crippen LogP contribution in [0.15, 0.2) is 0 Å². The molecule has 26 heavy (non-hydrogen) atoms. The molecule has 2 aliphatic rings. The second-order valence-electron chi connectivity index (χ2n) is 8.77. The maximum atomic E-state index is 9.88. The lowest BCUT2D eigenvalue weighted by molar-refractivity contribution is -0.247. The highest BCUT2D eigenvalue weighted by molar-refractivity contribution is 5.04. The van der Waals surface area contributed by atoms with E-state index in [1.807, 2.05) is 0 Å². The van der Waals surface area contributed by atoms with Crippen LogP contribution >= 0.6 is 0 Å². The summed E-state index contributed by atoms with van der Waals surface area (Å²) in [5.41, 5.74) is -0.396. The predicted molar refractivity (Wildman–Crippen MR) is 107 cm³/mol. The summed E-state index contributed by atoms with van der Waals surface area (Å²) < 4.78 is 12.2. The smallest absolute Gasteiger partial charge is 0.176 e. The Morgan fingerprint density at radius 3 is 1.85 bits per heavy atom. The van der Waals surface area contributed by atoms with Crippen molar-refractivity contribution in [2.45, 2.75) is 110 Å². The van der Waals surface area contributed by atoms with Gasteiger partial charge in [-0.2, -0.15) is 5.26 Å². The molecule has 2 fully saturated rings. The van der Waals surface area contributed by atoms with Crippen LogP contribution in [0.3, 0.4) is 0 Å². The Bertz CT molecular complexity index is 401. The van der Waals surface area contributed by atoms with Gasteiger partial charge in [0.05, 0.1) is 19.3 Å². The first-order chi connectivity index (χ1) is 12.7. The van der Waals surface area contributed by atoms with E-state index < -0.39 is 5.41 Å². The monoisotopic (exact) mass is 363 g/mol. The van der Waals surface area contributed by atoms with Crippen molar-refractivity contribution in [1.82, 2.24) is 0 Å². The maximum Gasteiger partial charge on any atom is 0.176 e. The van der Waals surface area contributed by atoms with Gasteiger partial charge in [0, 0.05) is 5.92 Å². The molecule has 0 atom stereocenters. The van der Waals surface area contributed by atoms with Gasteiger partial charge in [0.1, 0.15) is 5.41 Å². The quantitative estimate of drug-likeness (QED) is 0.387. The van der Waals surface area contributed by atoms with Crippen molar-refractivity contribution in [3.8, 4) is 6.07 Å². The molecule has 1 aliphatic carbocycles. The van der Waals surface area contributed by atoms with Gasteiger partial charge in [0.2, 0.25) is 0 Å².